The normalized spacial score (nSPS) is 21.1. The van der Waals surface area contributed by atoms with Gasteiger partial charge in [-0.05, 0) is 49.6 Å². The van der Waals surface area contributed by atoms with Crippen molar-refractivity contribution < 1.29 is 0 Å². The lowest BCUT2D eigenvalue weighted by Gasteiger charge is -2.40. The van der Waals surface area contributed by atoms with Crippen LogP contribution < -0.4 is 0 Å². The van der Waals surface area contributed by atoms with Crippen LogP contribution >= 0.6 is 15.9 Å². The average Bonchev–Trinajstić information content (AvgIpc) is 2.56. The second-order valence-corrected chi connectivity index (χ2v) is 6.80. The zero-order valence-corrected chi connectivity index (χ0v) is 14.1. The van der Waals surface area contributed by atoms with Gasteiger partial charge in [0, 0.05) is 16.6 Å². The van der Waals surface area contributed by atoms with Crippen LogP contribution in [-0.4, -0.2) is 11.4 Å². The van der Waals surface area contributed by atoms with Crippen molar-refractivity contribution in [3.8, 4) is 0 Å². The Morgan fingerprint density at radius 3 is 2.43 bits per heavy atom. The Balaban J connectivity index is 1.86. The number of halogens is 1. The fraction of sp³-hybridized carbons (Fsp3) is 0.368. The van der Waals surface area contributed by atoms with Crippen LogP contribution in [0.15, 0.2) is 59.1 Å². The summed E-state index contributed by atoms with van der Waals surface area (Å²) in [6.07, 6.45) is 3.90. The van der Waals surface area contributed by atoms with Crippen LogP contribution in [0.25, 0.3) is 0 Å². The van der Waals surface area contributed by atoms with Gasteiger partial charge >= 0.3 is 0 Å². The van der Waals surface area contributed by atoms with Crippen molar-refractivity contribution in [2.75, 3.05) is 6.54 Å². The molecule has 1 saturated heterocycles. The van der Waals surface area contributed by atoms with Crippen molar-refractivity contribution in [1.29, 1.82) is 0 Å². The van der Waals surface area contributed by atoms with Crippen LogP contribution in [0.4, 0.5) is 0 Å². The highest BCUT2D eigenvalue weighted by Crippen LogP contribution is 2.37. The molecule has 1 aliphatic rings. The van der Waals surface area contributed by atoms with Crippen LogP contribution in [0.1, 0.15) is 49.4 Å². The lowest BCUT2D eigenvalue weighted by atomic mass is 9.92. The first-order valence-electron chi connectivity index (χ1n) is 7.82. The van der Waals surface area contributed by atoms with Crippen LogP contribution in [-0.2, 0) is 0 Å². The third kappa shape index (κ3) is 3.38. The molecule has 1 heterocycles. The quantitative estimate of drug-likeness (QED) is 0.686. The third-order valence-electron chi connectivity index (χ3n) is 4.58. The van der Waals surface area contributed by atoms with Gasteiger partial charge in [0.1, 0.15) is 0 Å². The largest absolute Gasteiger partial charge is 0.290 e. The molecule has 0 saturated carbocycles. The van der Waals surface area contributed by atoms with Crippen molar-refractivity contribution in [2.45, 2.75) is 38.3 Å². The number of likely N-dealkylation sites (tertiary alicyclic amines) is 1. The molecule has 2 heteroatoms. The Labute approximate surface area is 136 Å². The lowest BCUT2D eigenvalue weighted by molar-refractivity contribution is 0.103. The standard InChI is InChI=1S/C19H22BrN/c1-15(16-7-3-2-4-8-16)21-14-6-5-9-19(21)17-10-12-18(20)13-11-17/h2-4,7-8,10-13,15,19H,5-6,9,14H2,1H3/t15-,19?/m1/s1. The van der Waals surface area contributed by atoms with Gasteiger partial charge in [-0.25, -0.2) is 0 Å². The summed E-state index contributed by atoms with van der Waals surface area (Å²) in [5.41, 5.74) is 2.86. The maximum atomic E-state index is 3.54. The van der Waals surface area contributed by atoms with E-state index in [0.29, 0.717) is 12.1 Å². The van der Waals surface area contributed by atoms with E-state index in [1.807, 2.05) is 0 Å². The minimum Gasteiger partial charge on any atom is -0.290 e. The van der Waals surface area contributed by atoms with Crippen molar-refractivity contribution >= 4 is 15.9 Å². The van der Waals surface area contributed by atoms with Crippen LogP contribution in [0, 0.1) is 0 Å². The van der Waals surface area contributed by atoms with E-state index in [2.05, 4.69) is 82.4 Å². The molecule has 110 valence electrons. The third-order valence-corrected chi connectivity index (χ3v) is 5.11. The van der Waals surface area contributed by atoms with E-state index in [1.165, 1.54) is 36.9 Å². The predicted molar refractivity (Wildman–Crippen MR) is 92.3 cm³/mol. The highest BCUT2D eigenvalue weighted by atomic mass is 79.9. The molecule has 0 N–H and O–H groups in total. The SMILES string of the molecule is C[C@H](c1ccccc1)N1CCCCC1c1ccc(Br)cc1. The van der Waals surface area contributed by atoms with Gasteiger partial charge in [0.05, 0.1) is 0 Å². The number of piperidine rings is 1. The molecule has 0 spiro atoms. The van der Waals surface area contributed by atoms with Crippen molar-refractivity contribution in [1.82, 2.24) is 4.90 Å². The minimum atomic E-state index is 0.472. The summed E-state index contributed by atoms with van der Waals surface area (Å²) >= 11 is 3.54. The van der Waals surface area contributed by atoms with Crippen LogP contribution in [0.3, 0.4) is 0 Å². The molecule has 2 aromatic carbocycles. The van der Waals surface area contributed by atoms with Gasteiger partial charge < -0.3 is 0 Å². The van der Waals surface area contributed by atoms with E-state index >= 15 is 0 Å². The number of hydrogen-bond acceptors (Lipinski definition) is 1. The minimum absolute atomic E-state index is 0.472. The van der Waals surface area contributed by atoms with Gasteiger partial charge in [-0.2, -0.15) is 0 Å². The summed E-state index contributed by atoms with van der Waals surface area (Å²) in [4.78, 5) is 2.67. The molecule has 0 aromatic heterocycles. The molecule has 0 amide bonds. The lowest BCUT2D eigenvalue weighted by Crippen LogP contribution is -2.35. The summed E-state index contributed by atoms with van der Waals surface area (Å²) in [5, 5.41) is 0. The maximum absolute atomic E-state index is 3.54. The zero-order valence-electron chi connectivity index (χ0n) is 12.5. The highest BCUT2D eigenvalue weighted by Gasteiger charge is 2.28. The fourth-order valence-corrected chi connectivity index (χ4v) is 3.65. The van der Waals surface area contributed by atoms with E-state index in [9.17, 15) is 0 Å². The smallest absolute Gasteiger partial charge is 0.0354 e. The molecule has 0 radical (unpaired) electrons. The molecule has 2 atom stereocenters. The van der Waals surface area contributed by atoms with Crippen LogP contribution in [0.2, 0.25) is 0 Å². The predicted octanol–water partition coefficient (Wildman–Crippen LogP) is 5.74. The Morgan fingerprint density at radius 2 is 1.71 bits per heavy atom. The molecule has 0 aliphatic carbocycles. The van der Waals surface area contributed by atoms with Gasteiger partial charge in [-0.1, -0.05) is 64.8 Å². The van der Waals surface area contributed by atoms with Gasteiger partial charge in [0.25, 0.3) is 0 Å². The van der Waals surface area contributed by atoms with E-state index in [1.54, 1.807) is 0 Å². The van der Waals surface area contributed by atoms with Crippen molar-refractivity contribution in [2.24, 2.45) is 0 Å². The van der Waals surface area contributed by atoms with Gasteiger partial charge in [0.2, 0.25) is 0 Å². The Hall–Kier alpha value is -1.12. The number of benzene rings is 2. The molecule has 0 bridgehead atoms. The molecule has 1 unspecified atom stereocenters. The van der Waals surface area contributed by atoms with Crippen molar-refractivity contribution in [3.05, 3.63) is 70.2 Å². The van der Waals surface area contributed by atoms with E-state index in [-0.39, 0.29) is 0 Å². The Kier molecular flexibility index (Phi) is 4.77. The first-order valence-corrected chi connectivity index (χ1v) is 8.61. The molecule has 21 heavy (non-hydrogen) atoms. The average molecular weight is 344 g/mol. The van der Waals surface area contributed by atoms with E-state index < -0.39 is 0 Å². The Bertz CT molecular complexity index is 564. The fourth-order valence-electron chi connectivity index (χ4n) is 3.38. The topological polar surface area (TPSA) is 3.24 Å². The molecule has 3 rings (SSSR count). The summed E-state index contributed by atoms with van der Waals surface area (Å²) in [7, 11) is 0. The summed E-state index contributed by atoms with van der Waals surface area (Å²) in [6, 6.07) is 20.8. The number of rotatable bonds is 3. The van der Waals surface area contributed by atoms with E-state index in [0.717, 1.165) is 4.47 Å². The van der Waals surface area contributed by atoms with Gasteiger partial charge in [-0.3, -0.25) is 4.90 Å². The Morgan fingerprint density at radius 1 is 1.00 bits per heavy atom. The number of hydrogen-bond donors (Lipinski definition) is 0. The van der Waals surface area contributed by atoms with Crippen molar-refractivity contribution in [3.63, 3.8) is 0 Å². The second-order valence-electron chi connectivity index (χ2n) is 5.89. The molecule has 1 fully saturated rings. The molecular formula is C19H22BrN. The summed E-state index contributed by atoms with van der Waals surface area (Å²) < 4.78 is 1.16. The molecular weight excluding hydrogens is 322 g/mol. The first kappa shape index (κ1) is 14.8. The van der Waals surface area contributed by atoms with Gasteiger partial charge in [0.15, 0.2) is 0 Å². The molecule has 2 aromatic rings. The number of nitrogens with zero attached hydrogens (tertiary/aromatic N) is 1. The van der Waals surface area contributed by atoms with Crippen LogP contribution in [0.5, 0.6) is 0 Å². The summed E-state index contributed by atoms with van der Waals surface area (Å²) in [6.45, 7) is 3.53. The first-order chi connectivity index (χ1) is 10.3. The molecule has 1 nitrogen and oxygen atoms in total. The summed E-state index contributed by atoms with van der Waals surface area (Å²) in [5.74, 6) is 0. The second kappa shape index (κ2) is 6.76. The monoisotopic (exact) mass is 343 g/mol. The zero-order chi connectivity index (χ0) is 14.7. The molecule has 1 aliphatic heterocycles. The van der Waals surface area contributed by atoms with E-state index in [4.69, 9.17) is 0 Å². The maximum Gasteiger partial charge on any atom is 0.0354 e. The highest BCUT2D eigenvalue weighted by molar-refractivity contribution is 9.10. The van der Waals surface area contributed by atoms with Gasteiger partial charge in [-0.15, -0.1) is 0 Å².